The molecule has 0 aliphatic carbocycles. The monoisotopic (exact) mass is 271 g/mol. The molecule has 1 aromatic carbocycles. The van der Waals surface area contributed by atoms with E-state index in [1.54, 1.807) is 6.26 Å². The minimum atomic E-state index is 0.0276. The second-order valence-electron chi connectivity index (χ2n) is 5.37. The maximum absolute atomic E-state index is 6.40. The quantitative estimate of drug-likeness (QED) is 0.920. The Balaban J connectivity index is 1.79. The Hall–Kier alpha value is -1.74. The third kappa shape index (κ3) is 2.46. The molecule has 1 aromatic heterocycles. The predicted octanol–water partition coefficient (Wildman–Crippen LogP) is 3.80. The summed E-state index contributed by atoms with van der Waals surface area (Å²) < 4.78 is 11.2. The van der Waals surface area contributed by atoms with Crippen LogP contribution < -0.4 is 10.5 Å². The lowest BCUT2D eigenvalue weighted by Gasteiger charge is -2.27. The zero-order valence-electron chi connectivity index (χ0n) is 11.8. The average Bonchev–Trinajstić information content (AvgIpc) is 2.96. The minimum Gasteiger partial charge on any atom is -0.493 e. The van der Waals surface area contributed by atoms with Crippen LogP contribution >= 0.6 is 0 Å². The largest absolute Gasteiger partial charge is 0.493 e. The molecule has 3 nitrogen and oxygen atoms in total. The van der Waals surface area contributed by atoms with E-state index in [-0.39, 0.29) is 6.04 Å². The summed E-state index contributed by atoms with van der Waals surface area (Å²) in [6.07, 6.45) is 4.60. The van der Waals surface area contributed by atoms with Crippen LogP contribution in [-0.2, 0) is 6.42 Å². The van der Waals surface area contributed by atoms with E-state index in [1.807, 2.05) is 18.2 Å². The third-order valence-corrected chi connectivity index (χ3v) is 4.12. The molecule has 0 saturated heterocycles. The molecule has 106 valence electrons. The van der Waals surface area contributed by atoms with Gasteiger partial charge in [-0.15, -0.1) is 0 Å². The first-order chi connectivity index (χ1) is 9.79. The van der Waals surface area contributed by atoms with Gasteiger partial charge in [-0.25, -0.2) is 0 Å². The van der Waals surface area contributed by atoms with Crippen molar-refractivity contribution in [2.75, 3.05) is 6.61 Å². The minimum absolute atomic E-state index is 0.0276. The van der Waals surface area contributed by atoms with Crippen molar-refractivity contribution >= 4 is 0 Å². The molecule has 0 spiro atoms. The lowest BCUT2D eigenvalue weighted by atomic mass is 9.86. The number of ether oxygens (including phenoxy) is 1. The number of benzene rings is 1. The number of hydrogen-bond acceptors (Lipinski definition) is 3. The van der Waals surface area contributed by atoms with Crippen molar-refractivity contribution in [2.24, 2.45) is 5.73 Å². The van der Waals surface area contributed by atoms with Crippen LogP contribution in [0.25, 0.3) is 0 Å². The van der Waals surface area contributed by atoms with Gasteiger partial charge in [0.1, 0.15) is 11.5 Å². The van der Waals surface area contributed by atoms with E-state index >= 15 is 0 Å². The first-order valence-corrected chi connectivity index (χ1v) is 7.33. The molecular formula is C17H21NO2. The molecule has 0 amide bonds. The molecule has 2 N–H and O–H groups in total. The molecule has 0 saturated carbocycles. The summed E-state index contributed by atoms with van der Waals surface area (Å²) in [4.78, 5) is 0. The van der Waals surface area contributed by atoms with Gasteiger partial charge in [-0.3, -0.25) is 0 Å². The summed E-state index contributed by atoms with van der Waals surface area (Å²) in [6, 6.07) is 10.3. The van der Waals surface area contributed by atoms with Gasteiger partial charge in [0.05, 0.1) is 12.9 Å². The molecule has 1 aliphatic heterocycles. The molecule has 2 heterocycles. The van der Waals surface area contributed by atoms with Crippen LogP contribution in [0.15, 0.2) is 41.0 Å². The van der Waals surface area contributed by atoms with E-state index in [4.69, 9.17) is 14.9 Å². The van der Waals surface area contributed by atoms with Gasteiger partial charge >= 0.3 is 0 Å². The molecule has 3 heteroatoms. The maximum Gasteiger partial charge on any atom is 0.122 e. The van der Waals surface area contributed by atoms with Crippen LogP contribution in [-0.4, -0.2) is 6.61 Å². The number of furan rings is 1. The van der Waals surface area contributed by atoms with E-state index in [9.17, 15) is 0 Å². The summed E-state index contributed by atoms with van der Waals surface area (Å²) in [5.74, 6) is 2.49. The Morgan fingerprint density at radius 1 is 1.30 bits per heavy atom. The van der Waals surface area contributed by atoms with Gasteiger partial charge in [-0.2, -0.15) is 0 Å². The van der Waals surface area contributed by atoms with Crippen molar-refractivity contribution < 1.29 is 9.15 Å². The summed E-state index contributed by atoms with van der Waals surface area (Å²) >= 11 is 0. The van der Waals surface area contributed by atoms with Gasteiger partial charge < -0.3 is 14.9 Å². The van der Waals surface area contributed by atoms with Crippen molar-refractivity contribution in [3.05, 3.63) is 53.5 Å². The standard InChI is InChI=1S/C17H21NO2/c1-2-16-14(8-10-19-16)15(18)11-12-7-9-20-17-6-4-3-5-13(12)17/h3-6,8,10,12,15H,2,7,9,11,18H2,1H3. The zero-order chi connectivity index (χ0) is 13.9. The maximum atomic E-state index is 6.40. The van der Waals surface area contributed by atoms with Crippen molar-refractivity contribution in [1.29, 1.82) is 0 Å². The fourth-order valence-electron chi connectivity index (χ4n) is 3.06. The fourth-order valence-corrected chi connectivity index (χ4v) is 3.06. The highest BCUT2D eigenvalue weighted by Crippen LogP contribution is 2.38. The Bertz CT molecular complexity index is 576. The normalized spacial score (nSPS) is 19.2. The predicted molar refractivity (Wildman–Crippen MR) is 78.9 cm³/mol. The number of para-hydroxylation sites is 1. The number of rotatable bonds is 4. The van der Waals surface area contributed by atoms with Crippen molar-refractivity contribution in [1.82, 2.24) is 0 Å². The smallest absolute Gasteiger partial charge is 0.122 e. The molecule has 0 bridgehead atoms. The summed E-state index contributed by atoms with van der Waals surface area (Å²) in [5, 5.41) is 0. The van der Waals surface area contributed by atoms with Crippen molar-refractivity contribution in [3.63, 3.8) is 0 Å². The number of hydrogen-bond donors (Lipinski definition) is 1. The molecule has 2 atom stereocenters. The molecule has 3 rings (SSSR count). The van der Waals surface area contributed by atoms with Crippen LogP contribution in [0.5, 0.6) is 5.75 Å². The molecule has 0 radical (unpaired) electrons. The Morgan fingerprint density at radius 3 is 3.00 bits per heavy atom. The van der Waals surface area contributed by atoms with E-state index in [0.717, 1.165) is 42.9 Å². The van der Waals surface area contributed by atoms with E-state index in [1.165, 1.54) is 5.56 Å². The third-order valence-electron chi connectivity index (χ3n) is 4.12. The molecular weight excluding hydrogens is 250 g/mol. The lowest BCUT2D eigenvalue weighted by Crippen LogP contribution is -2.20. The van der Waals surface area contributed by atoms with Gasteiger partial charge in [0.25, 0.3) is 0 Å². The average molecular weight is 271 g/mol. The molecule has 2 unspecified atom stereocenters. The van der Waals surface area contributed by atoms with Crippen LogP contribution in [0.1, 0.15) is 48.6 Å². The molecule has 20 heavy (non-hydrogen) atoms. The SMILES string of the molecule is CCc1occc1C(N)CC1CCOc2ccccc21. The number of aryl methyl sites for hydroxylation is 1. The van der Waals surface area contributed by atoms with E-state index in [2.05, 4.69) is 19.1 Å². The fraction of sp³-hybridized carbons (Fsp3) is 0.412. The first-order valence-electron chi connectivity index (χ1n) is 7.33. The van der Waals surface area contributed by atoms with E-state index < -0.39 is 0 Å². The Labute approximate surface area is 119 Å². The van der Waals surface area contributed by atoms with Crippen LogP contribution in [0, 0.1) is 0 Å². The Morgan fingerprint density at radius 2 is 2.15 bits per heavy atom. The first kappa shape index (κ1) is 13.3. The van der Waals surface area contributed by atoms with Crippen LogP contribution in [0.3, 0.4) is 0 Å². The zero-order valence-corrected chi connectivity index (χ0v) is 11.8. The highest BCUT2D eigenvalue weighted by Gasteiger charge is 2.24. The Kier molecular flexibility index (Phi) is 3.79. The molecule has 0 fully saturated rings. The lowest BCUT2D eigenvalue weighted by molar-refractivity contribution is 0.259. The summed E-state index contributed by atoms with van der Waals surface area (Å²) in [5.41, 5.74) is 8.84. The number of fused-ring (bicyclic) bond motifs is 1. The summed E-state index contributed by atoms with van der Waals surface area (Å²) in [6.45, 7) is 2.87. The molecule has 2 aromatic rings. The topological polar surface area (TPSA) is 48.4 Å². The van der Waals surface area contributed by atoms with Gasteiger partial charge in [0.2, 0.25) is 0 Å². The van der Waals surface area contributed by atoms with E-state index in [0.29, 0.717) is 5.92 Å². The van der Waals surface area contributed by atoms with Gasteiger partial charge in [-0.05, 0) is 36.5 Å². The van der Waals surface area contributed by atoms with Crippen molar-refractivity contribution in [2.45, 2.75) is 38.1 Å². The second-order valence-corrected chi connectivity index (χ2v) is 5.37. The van der Waals surface area contributed by atoms with Gasteiger partial charge in [-0.1, -0.05) is 25.1 Å². The number of nitrogens with two attached hydrogens (primary N) is 1. The summed E-state index contributed by atoms with van der Waals surface area (Å²) in [7, 11) is 0. The highest BCUT2D eigenvalue weighted by atomic mass is 16.5. The highest BCUT2D eigenvalue weighted by molar-refractivity contribution is 5.38. The second kappa shape index (κ2) is 5.71. The van der Waals surface area contributed by atoms with Gasteiger partial charge in [0.15, 0.2) is 0 Å². The van der Waals surface area contributed by atoms with Crippen LogP contribution in [0.4, 0.5) is 0 Å². The molecule has 1 aliphatic rings. The van der Waals surface area contributed by atoms with Gasteiger partial charge in [0, 0.05) is 18.0 Å². The van der Waals surface area contributed by atoms with Crippen molar-refractivity contribution in [3.8, 4) is 5.75 Å². The van der Waals surface area contributed by atoms with Crippen LogP contribution in [0.2, 0.25) is 0 Å².